The van der Waals surface area contributed by atoms with E-state index in [-0.39, 0.29) is 11.8 Å². The van der Waals surface area contributed by atoms with Crippen molar-refractivity contribution >= 4 is 33.2 Å². The first-order valence-electron chi connectivity index (χ1n) is 11.0. The minimum atomic E-state index is -0.246. The van der Waals surface area contributed by atoms with Crippen LogP contribution in [0.2, 0.25) is 0 Å². The lowest BCUT2D eigenvalue weighted by Crippen LogP contribution is -2.42. The van der Waals surface area contributed by atoms with Gasteiger partial charge in [0.15, 0.2) is 0 Å². The third-order valence-corrected chi connectivity index (χ3v) is 6.91. The van der Waals surface area contributed by atoms with Crippen molar-refractivity contribution in [3.8, 4) is 11.1 Å². The Balaban J connectivity index is 1.59. The Kier molecular flexibility index (Phi) is 6.96. The van der Waals surface area contributed by atoms with Gasteiger partial charge < -0.3 is 15.1 Å². The Hall–Kier alpha value is -2.64. The summed E-state index contributed by atoms with van der Waals surface area (Å²) in [6.07, 6.45) is 5.92. The number of nitrogens with zero attached hydrogens (tertiary/aromatic N) is 3. The Bertz CT molecular complexity index is 1040. The van der Waals surface area contributed by atoms with E-state index < -0.39 is 0 Å². The third-order valence-electron chi connectivity index (χ3n) is 6.39. The predicted molar refractivity (Wildman–Crippen MR) is 134 cm³/mol. The van der Waals surface area contributed by atoms with E-state index in [2.05, 4.69) is 61.4 Å². The van der Waals surface area contributed by atoms with E-state index in [1.807, 2.05) is 55.7 Å². The molecule has 2 aromatic carbocycles. The molecule has 1 fully saturated rings. The number of rotatable bonds is 6. The number of anilines is 2. The molecule has 0 saturated carbocycles. The number of carbonyl (C=O) groups excluding carboxylic acids is 1. The predicted octanol–water partition coefficient (Wildman–Crippen LogP) is 5.11. The van der Waals surface area contributed by atoms with Gasteiger partial charge >= 0.3 is 0 Å². The van der Waals surface area contributed by atoms with Gasteiger partial charge in [-0.1, -0.05) is 34.1 Å². The van der Waals surface area contributed by atoms with E-state index in [4.69, 9.17) is 0 Å². The van der Waals surface area contributed by atoms with Crippen LogP contribution >= 0.6 is 15.9 Å². The van der Waals surface area contributed by atoms with Gasteiger partial charge in [-0.05, 0) is 69.3 Å². The highest BCUT2D eigenvalue weighted by Gasteiger charge is 2.24. The summed E-state index contributed by atoms with van der Waals surface area (Å²) in [4.78, 5) is 17.8. The second-order valence-corrected chi connectivity index (χ2v) is 9.58. The zero-order chi connectivity index (χ0) is 22.7. The summed E-state index contributed by atoms with van der Waals surface area (Å²) in [7, 11) is 4.30. The molecular weight excluding hydrogens is 466 g/mol. The Morgan fingerprint density at radius 1 is 1.16 bits per heavy atom. The van der Waals surface area contributed by atoms with Crippen molar-refractivity contribution < 1.29 is 4.79 Å². The maximum Gasteiger partial charge on any atom is 0.231 e. The minimum Gasteiger partial charge on any atom is -0.370 e. The van der Waals surface area contributed by atoms with Crippen LogP contribution in [-0.4, -0.2) is 54.2 Å². The van der Waals surface area contributed by atoms with E-state index >= 15 is 0 Å². The van der Waals surface area contributed by atoms with Gasteiger partial charge in [-0.25, -0.2) is 0 Å². The molecule has 7 heteroatoms. The summed E-state index contributed by atoms with van der Waals surface area (Å²) in [6, 6.07) is 14.7. The molecule has 0 aliphatic carbocycles. The molecule has 4 rings (SSSR count). The molecule has 0 bridgehead atoms. The minimum absolute atomic E-state index is 0.00666. The molecule has 0 spiro atoms. The van der Waals surface area contributed by atoms with E-state index in [0.29, 0.717) is 6.04 Å². The van der Waals surface area contributed by atoms with Crippen LogP contribution in [0.1, 0.15) is 31.2 Å². The SMILES string of the molecule is CC(C(=O)Nc1ccc(-c2cn[nH]c2)cc1N1CCC(N(C)C)CC1)c1ccc(Br)cc1. The van der Waals surface area contributed by atoms with Gasteiger partial charge in [-0.15, -0.1) is 0 Å². The normalized spacial score (nSPS) is 15.7. The highest BCUT2D eigenvalue weighted by atomic mass is 79.9. The molecule has 1 aliphatic heterocycles. The van der Waals surface area contributed by atoms with Gasteiger partial charge in [0, 0.05) is 35.4 Å². The molecule has 1 amide bonds. The molecule has 3 aromatic rings. The lowest BCUT2D eigenvalue weighted by atomic mass is 9.99. The fourth-order valence-electron chi connectivity index (χ4n) is 4.25. The average Bonchev–Trinajstić information content (AvgIpc) is 3.34. The summed E-state index contributed by atoms with van der Waals surface area (Å²) in [5.74, 6) is -0.253. The average molecular weight is 496 g/mol. The fourth-order valence-corrected chi connectivity index (χ4v) is 4.52. The van der Waals surface area contributed by atoms with Gasteiger partial charge in [-0.2, -0.15) is 5.10 Å². The van der Waals surface area contributed by atoms with Crippen LogP contribution in [-0.2, 0) is 4.79 Å². The van der Waals surface area contributed by atoms with Gasteiger partial charge in [0.05, 0.1) is 23.5 Å². The molecule has 1 saturated heterocycles. The quantitative estimate of drug-likeness (QED) is 0.498. The van der Waals surface area contributed by atoms with E-state index in [1.165, 1.54) is 0 Å². The lowest BCUT2D eigenvalue weighted by molar-refractivity contribution is -0.117. The van der Waals surface area contributed by atoms with Gasteiger partial charge in [-0.3, -0.25) is 9.89 Å². The standard InChI is InChI=1S/C25H30BrN5O/c1-17(18-4-7-21(26)8-5-18)25(32)29-23-9-6-19(20-15-27-28-16-20)14-24(23)31-12-10-22(11-13-31)30(2)3/h4-9,14-17,22H,10-13H2,1-3H3,(H,27,28)(H,29,32). The number of carbonyl (C=O) groups is 1. The van der Waals surface area contributed by atoms with Crippen LogP contribution in [0.3, 0.4) is 0 Å². The summed E-state index contributed by atoms with van der Waals surface area (Å²) < 4.78 is 1.01. The molecule has 2 heterocycles. The van der Waals surface area contributed by atoms with E-state index in [9.17, 15) is 4.79 Å². The number of H-pyrrole nitrogens is 1. The number of amides is 1. The zero-order valence-electron chi connectivity index (χ0n) is 18.8. The molecule has 32 heavy (non-hydrogen) atoms. The highest BCUT2D eigenvalue weighted by Crippen LogP contribution is 2.34. The zero-order valence-corrected chi connectivity index (χ0v) is 20.4. The van der Waals surface area contributed by atoms with Crippen LogP contribution in [0.5, 0.6) is 0 Å². The second kappa shape index (κ2) is 9.88. The van der Waals surface area contributed by atoms with Crippen molar-refractivity contribution in [2.45, 2.75) is 31.7 Å². The number of piperidine rings is 1. The molecule has 0 radical (unpaired) electrons. The van der Waals surface area contributed by atoms with Crippen LogP contribution in [0.25, 0.3) is 11.1 Å². The van der Waals surface area contributed by atoms with Gasteiger partial charge in [0.1, 0.15) is 0 Å². The molecule has 168 valence electrons. The fraction of sp³-hybridized carbons (Fsp3) is 0.360. The summed E-state index contributed by atoms with van der Waals surface area (Å²) in [5, 5.41) is 10.2. The summed E-state index contributed by atoms with van der Waals surface area (Å²) >= 11 is 3.46. The molecule has 1 unspecified atom stereocenters. The molecular formula is C25H30BrN5O. The molecule has 6 nitrogen and oxygen atoms in total. The van der Waals surface area contributed by atoms with Crippen molar-refractivity contribution in [1.29, 1.82) is 0 Å². The number of halogens is 1. The molecule has 1 atom stereocenters. The van der Waals surface area contributed by atoms with Crippen LogP contribution in [0.4, 0.5) is 11.4 Å². The van der Waals surface area contributed by atoms with E-state index in [1.54, 1.807) is 0 Å². The largest absolute Gasteiger partial charge is 0.370 e. The second-order valence-electron chi connectivity index (χ2n) is 8.66. The first-order valence-corrected chi connectivity index (χ1v) is 11.8. The van der Waals surface area contributed by atoms with Crippen molar-refractivity contribution in [2.24, 2.45) is 0 Å². The Morgan fingerprint density at radius 3 is 2.50 bits per heavy atom. The van der Waals surface area contributed by atoms with E-state index in [0.717, 1.165) is 58.5 Å². The molecule has 1 aliphatic rings. The Labute approximate surface area is 198 Å². The van der Waals surface area contributed by atoms with Crippen LogP contribution in [0, 0.1) is 0 Å². The molecule has 2 N–H and O–H groups in total. The maximum atomic E-state index is 13.1. The van der Waals surface area contributed by atoms with Crippen LogP contribution in [0.15, 0.2) is 59.3 Å². The first kappa shape index (κ1) is 22.6. The molecule has 1 aromatic heterocycles. The third kappa shape index (κ3) is 5.05. The van der Waals surface area contributed by atoms with Crippen molar-refractivity contribution in [3.63, 3.8) is 0 Å². The number of hydrogen-bond donors (Lipinski definition) is 2. The summed E-state index contributed by atoms with van der Waals surface area (Å²) in [5.41, 5.74) is 5.04. The Morgan fingerprint density at radius 2 is 1.88 bits per heavy atom. The summed E-state index contributed by atoms with van der Waals surface area (Å²) in [6.45, 7) is 3.87. The monoisotopic (exact) mass is 495 g/mol. The lowest BCUT2D eigenvalue weighted by Gasteiger charge is -2.37. The number of benzene rings is 2. The topological polar surface area (TPSA) is 64.3 Å². The first-order chi connectivity index (χ1) is 15.4. The van der Waals surface area contributed by atoms with Crippen molar-refractivity contribution in [1.82, 2.24) is 15.1 Å². The number of aromatic amines is 1. The maximum absolute atomic E-state index is 13.1. The van der Waals surface area contributed by atoms with Crippen molar-refractivity contribution in [3.05, 3.63) is 64.9 Å². The highest BCUT2D eigenvalue weighted by molar-refractivity contribution is 9.10. The van der Waals surface area contributed by atoms with Crippen LogP contribution < -0.4 is 10.2 Å². The smallest absolute Gasteiger partial charge is 0.231 e. The number of aromatic nitrogens is 2. The van der Waals surface area contributed by atoms with Gasteiger partial charge in [0.2, 0.25) is 5.91 Å². The number of hydrogen-bond acceptors (Lipinski definition) is 4. The number of nitrogens with one attached hydrogen (secondary N) is 2. The van der Waals surface area contributed by atoms with Crippen molar-refractivity contribution in [2.75, 3.05) is 37.4 Å². The van der Waals surface area contributed by atoms with Gasteiger partial charge in [0.25, 0.3) is 0 Å².